The lowest BCUT2D eigenvalue weighted by Gasteiger charge is -2.53. The van der Waals surface area contributed by atoms with E-state index >= 15 is 0 Å². The summed E-state index contributed by atoms with van der Waals surface area (Å²) in [5.41, 5.74) is 4.16. The summed E-state index contributed by atoms with van der Waals surface area (Å²) in [5.74, 6) is 0.947. The van der Waals surface area contributed by atoms with Gasteiger partial charge in [0.15, 0.2) is 0 Å². The van der Waals surface area contributed by atoms with E-state index in [1.807, 2.05) is 5.57 Å². The maximum absolute atomic E-state index is 5.44. The summed E-state index contributed by atoms with van der Waals surface area (Å²) in [5, 5.41) is 0. The molecule has 0 saturated carbocycles. The lowest BCUT2D eigenvalue weighted by molar-refractivity contribution is -0.124. The van der Waals surface area contributed by atoms with E-state index in [4.69, 9.17) is 4.74 Å². The minimum absolute atomic E-state index is 0.581. The molecule has 0 aromatic heterocycles. The van der Waals surface area contributed by atoms with Gasteiger partial charge in [0.2, 0.25) is 0 Å². The summed E-state index contributed by atoms with van der Waals surface area (Å²) in [7, 11) is 0. The Kier molecular flexibility index (Phi) is 1.60. The van der Waals surface area contributed by atoms with Gasteiger partial charge in [-0.2, -0.15) is 0 Å². The van der Waals surface area contributed by atoms with Crippen LogP contribution >= 0.6 is 0 Å². The largest absolute Gasteiger partial charge is 0.380 e. The van der Waals surface area contributed by atoms with Gasteiger partial charge in [-0.1, -0.05) is 0 Å². The molecule has 15 heavy (non-hydrogen) atoms. The third kappa shape index (κ3) is 1.09. The first-order valence-electron chi connectivity index (χ1n) is 6.41. The van der Waals surface area contributed by atoms with Crippen molar-refractivity contribution in [2.24, 2.45) is 11.3 Å². The Bertz CT molecular complexity index is 321. The molecule has 2 fully saturated rings. The minimum atomic E-state index is 0.581. The molecule has 2 bridgehead atoms. The Balaban J connectivity index is 1.70. The topological polar surface area (TPSA) is 12.5 Å². The summed E-state index contributed by atoms with van der Waals surface area (Å²) in [6.45, 7) is 4.76. The minimum Gasteiger partial charge on any atom is -0.380 e. The molecule has 0 amide bonds. The van der Waals surface area contributed by atoms with Crippen LogP contribution < -0.4 is 0 Å². The summed E-state index contributed by atoms with van der Waals surface area (Å²) >= 11 is 0. The quantitative estimate of drug-likeness (QED) is 0.601. The van der Waals surface area contributed by atoms with Gasteiger partial charge in [-0.15, -0.1) is 0 Å². The maximum atomic E-state index is 5.44. The predicted octanol–water partition coefficient (Wildman–Crippen LogP) is 2.17. The molecule has 1 aliphatic carbocycles. The standard InChI is InChI=1S/C13H19NO/c1-4-13(8-15-9-13)7-11-10-2-5-14(6-3-10)12(1)11/h10H,1-9H2. The van der Waals surface area contributed by atoms with Crippen molar-refractivity contribution in [1.82, 2.24) is 4.90 Å². The summed E-state index contributed by atoms with van der Waals surface area (Å²) in [6.07, 6.45) is 6.94. The van der Waals surface area contributed by atoms with Gasteiger partial charge in [0.25, 0.3) is 0 Å². The SMILES string of the molecule is C1CC2(COC2)CC2=C1N1CCC2CC1. The fourth-order valence-electron chi connectivity index (χ4n) is 4.01. The van der Waals surface area contributed by atoms with E-state index in [1.54, 1.807) is 5.70 Å². The van der Waals surface area contributed by atoms with Crippen molar-refractivity contribution in [3.63, 3.8) is 0 Å². The Morgan fingerprint density at radius 2 is 2.00 bits per heavy atom. The average molecular weight is 205 g/mol. The molecule has 1 spiro atoms. The number of hydrogen-bond acceptors (Lipinski definition) is 2. The number of fused-ring (bicyclic) bond motifs is 2. The predicted molar refractivity (Wildman–Crippen MR) is 58.4 cm³/mol. The van der Waals surface area contributed by atoms with Crippen LogP contribution in [0.1, 0.15) is 32.1 Å². The monoisotopic (exact) mass is 205 g/mol. The zero-order chi connectivity index (χ0) is 9.88. The van der Waals surface area contributed by atoms with Crippen LogP contribution in [-0.2, 0) is 4.74 Å². The van der Waals surface area contributed by atoms with Crippen LogP contribution in [0.4, 0.5) is 0 Å². The van der Waals surface area contributed by atoms with E-state index in [2.05, 4.69) is 4.90 Å². The molecule has 2 saturated heterocycles. The smallest absolute Gasteiger partial charge is 0.0548 e. The zero-order valence-electron chi connectivity index (χ0n) is 9.30. The molecule has 0 aromatic rings. The Labute approximate surface area is 91.3 Å². The number of piperidine rings is 1. The molecule has 5 rings (SSSR count). The summed E-state index contributed by atoms with van der Waals surface area (Å²) in [6, 6.07) is 0. The van der Waals surface area contributed by atoms with E-state index in [9.17, 15) is 0 Å². The van der Waals surface area contributed by atoms with Crippen molar-refractivity contribution in [3.8, 4) is 0 Å². The molecule has 4 aliphatic heterocycles. The number of rotatable bonds is 0. The summed E-state index contributed by atoms with van der Waals surface area (Å²) in [4.78, 5) is 2.67. The van der Waals surface area contributed by atoms with E-state index < -0.39 is 0 Å². The van der Waals surface area contributed by atoms with Gasteiger partial charge in [-0.25, -0.2) is 0 Å². The van der Waals surface area contributed by atoms with Crippen molar-refractivity contribution in [1.29, 1.82) is 0 Å². The molecule has 0 aromatic carbocycles. The molecule has 0 atom stereocenters. The van der Waals surface area contributed by atoms with Crippen LogP contribution in [0, 0.1) is 11.3 Å². The molecule has 0 N–H and O–H groups in total. The van der Waals surface area contributed by atoms with Gasteiger partial charge in [-0.05, 0) is 43.6 Å². The van der Waals surface area contributed by atoms with Gasteiger partial charge in [0, 0.05) is 24.2 Å². The second-order valence-corrected chi connectivity index (χ2v) is 5.90. The third-order valence-corrected chi connectivity index (χ3v) is 5.01. The maximum Gasteiger partial charge on any atom is 0.0548 e. The fourth-order valence-corrected chi connectivity index (χ4v) is 4.01. The van der Waals surface area contributed by atoms with Gasteiger partial charge in [0.1, 0.15) is 0 Å². The lowest BCUT2D eigenvalue weighted by Crippen LogP contribution is -2.50. The highest BCUT2D eigenvalue weighted by molar-refractivity contribution is 5.27. The molecular formula is C13H19NO. The van der Waals surface area contributed by atoms with Crippen LogP contribution in [0.3, 0.4) is 0 Å². The van der Waals surface area contributed by atoms with E-state index in [0.717, 1.165) is 19.1 Å². The molecular weight excluding hydrogens is 186 g/mol. The van der Waals surface area contributed by atoms with Gasteiger partial charge < -0.3 is 9.64 Å². The fraction of sp³-hybridized carbons (Fsp3) is 0.846. The Hall–Kier alpha value is -0.500. The first-order chi connectivity index (χ1) is 7.36. The highest BCUT2D eigenvalue weighted by atomic mass is 16.5. The van der Waals surface area contributed by atoms with Crippen molar-refractivity contribution >= 4 is 0 Å². The molecule has 4 heterocycles. The van der Waals surface area contributed by atoms with Crippen molar-refractivity contribution in [3.05, 3.63) is 11.3 Å². The average Bonchev–Trinajstić information content (AvgIpc) is 2.28. The number of ether oxygens (including phenoxy) is 1. The Morgan fingerprint density at radius 3 is 2.67 bits per heavy atom. The van der Waals surface area contributed by atoms with Crippen LogP contribution in [0.25, 0.3) is 0 Å². The number of hydrogen-bond donors (Lipinski definition) is 0. The number of allylic oxidation sites excluding steroid dienone is 2. The van der Waals surface area contributed by atoms with Gasteiger partial charge >= 0.3 is 0 Å². The molecule has 5 aliphatic rings. The van der Waals surface area contributed by atoms with Crippen LogP contribution in [-0.4, -0.2) is 31.2 Å². The van der Waals surface area contributed by atoms with Crippen molar-refractivity contribution in [2.45, 2.75) is 32.1 Å². The van der Waals surface area contributed by atoms with Crippen molar-refractivity contribution < 1.29 is 4.74 Å². The van der Waals surface area contributed by atoms with E-state index in [0.29, 0.717) is 5.41 Å². The highest BCUT2D eigenvalue weighted by Crippen LogP contribution is 2.51. The van der Waals surface area contributed by atoms with Crippen LogP contribution in [0.5, 0.6) is 0 Å². The van der Waals surface area contributed by atoms with Crippen LogP contribution in [0.15, 0.2) is 11.3 Å². The number of nitrogens with zero attached hydrogens (tertiary/aromatic N) is 1. The Morgan fingerprint density at radius 1 is 1.20 bits per heavy atom. The molecule has 0 radical (unpaired) electrons. The highest BCUT2D eigenvalue weighted by Gasteiger charge is 2.46. The normalized spacial score (nSPS) is 33.2. The zero-order valence-corrected chi connectivity index (χ0v) is 9.30. The summed E-state index contributed by atoms with van der Waals surface area (Å²) < 4.78 is 5.44. The molecule has 82 valence electrons. The molecule has 2 nitrogen and oxygen atoms in total. The van der Waals surface area contributed by atoms with E-state index in [-0.39, 0.29) is 0 Å². The molecule has 2 heteroatoms. The van der Waals surface area contributed by atoms with Gasteiger partial charge in [0.05, 0.1) is 13.2 Å². The van der Waals surface area contributed by atoms with Crippen molar-refractivity contribution in [2.75, 3.05) is 26.3 Å². The van der Waals surface area contributed by atoms with E-state index in [1.165, 1.54) is 45.2 Å². The third-order valence-electron chi connectivity index (χ3n) is 5.01. The second kappa shape index (κ2) is 2.79. The first-order valence-corrected chi connectivity index (χ1v) is 6.41. The van der Waals surface area contributed by atoms with Crippen LogP contribution in [0.2, 0.25) is 0 Å². The molecule has 0 unspecified atom stereocenters. The lowest BCUT2D eigenvalue weighted by atomic mass is 9.65. The second-order valence-electron chi connectivity index (χ2n) is 5.90. The van der Waals surface area contributed by atoms with Gasteiger partial charge in [-0.3, -0.25) is 0 Å². The first kappa shape index (κ1) is 8.63.